The van der Waals surface area contributed by atoms with E-state index in [2.05, 4.69) is 71.0 Å². The quantitative estimate of drug-likeness (QED) is 0.517. The second kappa shape index (κ2) is 6.07. The molecule has 1 aliphatic heterocycles. The molecule has 1 aliphatic carbocycles. The lowest BCUT2D eigenvalue weighted by atomic mass is 10.0. The van der Waals surface area contributed by atoms with Crippen LogP contribution in [-0.4, -0.2) is 17.4 Å². The van der Waals surface area contributed by atoms with E-state index in [1.54, 1.807) is 0 Å². The lowest BCUT2D eigenvalue weighted by Gasteiger charge is -2.23. The van der Waals surface area contributed by atoms with Crippen LogP contribution in [0.25, 0.3) is 10.9 Å². The molecule has 0 bridgehead atoms. The third-order valence-corrected chi connectivity index (χ3v) is 5.73. The average molecular weight is 329 g/mol. The van der Waals surface area contributed by atoms with Gasteiger partial charge in [-0.3, -0.25) is 4.99 Å². The second-order valence-corrected chi connectivity index (χ2v) is 7.25. The van der Waals surface area contributed by atoms with E-state index in [-0.39, 0.29) is 0 Å². The van der Waals surface area contributed by atoms with Crippen molar-refractivity contribution in [2.24, 2.45) is 4.99 Å². The Bertz CT molecular complexity index is 918. The summed E-state index contributed by atoms with van der Waals surface area (Å²) in [5, 5.41) is 1.32. The molecule has 2 heterocycles. The molecule has 1 fully saturated rings. The number of aliphatic imine (C=N–C) groups is 1. The van der Waals surface area contributed by atoms with Crippen molar-refractivity contribution in [2.45, 2.75) is 44.2 Å². The van der Waals surface area contributed by atoms with Gasteiger partial charge in [-0.25, -0.2) is 0 Å². The van der Waals surface area contributed by atoms with Gasteiger partial charge < -0.3 is 9.88 Å². The van der Waals surface area contributed by atoms with E-state index in [1.165, 1.54) is 53.4 Å². The van der Waals surface area contributed by atoms with E-state index in [1.807, 2.05) is 0 Å². The number of H-pyrrole nitrogens is 1. The van der Waals surface area contributed by atoms with Gasteiger partial charge in [-0.1, -0.05) is 49.2 Å². The number of rotatable bonds is 3. The summed E-state index contributed by atoms with van der Waals surface area (Å²) in [5.74, 6) is 0. The van der Waals surface area contributed by atoms with Crippen LogP contribution in [0, 0.1) is 0 Å². The van der Waals surface area contributed by atoms with E-state index < -0.39 is 0 Å². The summed E-state index contributed by atoms with van der Waals surface area (Å²) in [6.07, 6.45) is 10.5. The number of benzene rings is 2. The molecule has 0 spiro atoms. The lowest BCUT2D eigenvalue weighted by Crippen LogP contribution is -2.24. The molecule has 2 aromatic carbocycles. The van der Waals surface area contributed by atoms with Gasteiger partial charge in [0.1, 0.15) is 0 Å². The van der Waals surface area contributed by atoms with Crippen molar-refractivity contribution >= 4 is 22.9 Å². The number of para-hydroxylation sites is 2. The number of nitrogens with zero attached hydrogens (tertiary/aromatic N) is 2. The van der Waals surface area contributed by atoms with Gasteiger partial charge in [0.2, 0.25) is 0 Å². The Labute approximate surface area is 148 Å². The normalized spacial score (nSPS) is 20.8. The van der Waals surface area contributed by atoms with E-state index in [0.717, 1.165) is 6.42 Å². The minimum absolute atomic E-state index is 0.318. The monoisotopic (exact) mass is 329 g/mol. The molecule has 1 aromatic heterocycles. The molecule has 3 heteroatoms. The summed E-state index contributed by atoms with van der Waals surface area (Å²) in [6, 6.07) is 18.2. The largest absolute Gasteiger partial charge is 0.361 e. The zero-order valence-electron chi connectivity index (χ0n) is 14.4. The number of hydrogen-bond acceptors (Lipinski definition) is 1. The summed E-state index contributed by atoms with van der Waals surface area (Å²) < 4.78 is 0. The molecule has 3 nitrogen and oxygen atoms in total. The predicted octanol–water partition coefficient (Wildman–Crippen LogP) is 5.24. The fraction of sp³-hybridized carbons (Fsp3) is 0.318. The number of aromatic amines is 1. The highest BCUT2D eigenvalue weighted by Crippen LogP contribution is 2.41. The minimum atomic E-state index is 0.318. The smallest absolute Gasteiger partial charge is 0.0903 e. The lowest BCUT2D eigenvalue weighted by molar-refractivity contribution is 0.700. The second-order valence-electron chi connectivity index (χ2n) is 7.25. The van der Waals surface area contributed by atoms with Crippen LogP contribution >= 0.6 is 0 Å². The standard InChI is InChI=1S/C22H23N3/c1-6-12-21-16(7-1)13-22(25(21)15-24-17-8-2-3-9-17)19-14-23-20-11-5-4-10-18(19)20/h1,4-7,10-12,14-15,17,22-23H,2-3,8-9,13H2/b24-15+. The van der Waals surface area contributed by atoms with E-state index in [9.17, 15) is 0 Å². The first kappa shape index (κ1) is 14.8. The maximum Gasteiger partial charge on any atom is 0.0903 e. The Morgan fingerprint density at radius 2 is 1.80 bits per heavy atom. The highest BCUT2D eigenvalue weighted by atomic mass is 15.2. The zero-order chi connectivity index (χ0) is 16.6. The fourth-order valence-electron chi connectivity index (χ4n) is 4.40. The molecule has 0 radical (unpaired) electrons. The maximum absolute atomic E-state index is 4.93. The van der Waals surface area contributed by atoms with Crippen LogP contribution in [0.5, 0.6) is 0 Å². The van der Waals surface area contributed by atoms with Crippen LogP contribution in [0.4, 0.5) is 5.69 Å². The number of nitrogens with one attached hydrogen (secondary N) is 1. The first-order valence-corrected chi connectivity index (χ1v) is 9.36. The molecule has 0 amide bonds. The Balaban J connectivity index is 1.55. The predicted molar refractivity (Wildman–Crippen MR) is 104 cm³/mol. The molecule has 126 valence electrons. The van der Waals surface area contributed by atoms with E-state index >= 15 is 0 Å². The summed E-state index contributed by atoms with van der Waals surface area (Å²) in [7, 11) is 0. The van der Waals surface area contributed by atoms with Gasteiger partial charge in [0.15, 0.2) is 0 Å². The van der Waals surface area contributed by atoms with Crippen molar-refractivity contribution in [1.82, 2.24) is 4.98 Å². The highest BCUT2D eigenvalue weighted by Gasteiger charge is 2.31. The molecule has 2 aliphatic rings. The Morgan fingerprint density at radius 3 is 2.72 bits per heavy atom. The Morgan fingerprint density at radius 1 is 1.00 bits per heavy atom. The maximum atomic E-state index is 4.93. The topological polar surface area (TPSA) is 31.4 Å². The molecule has 1 atom stereocenters. The summed E-state index contributed by atoms with van der Waals surface area (Å²) in [4.78, 5) is 10.8. The van der Waals surface area contributed by atoms with Crippen LogP contribution in [0.15, 0.2) is 59.7 Å². The van der Waals surface area contributed by atoms with Crippen molar-refractivity contribution in [3.63, 3.8) is 0 Å². The van der Waals surface area contributed by atoms with Crippen molar-refractivity contribution in [2.75, 3.05) is 4.90 Å². The van der Waals surface area contributed by atoms with E-state index in [0.29, 0.717) is 12.1 Å². The van der Waals surface area contributed by atoms with Gasteiger partial charge >= 0.3 is 0 Å². The van der Waals surface area contributed by atoms with Gasteiger partial charge in [0.25, 0.3) is 0 Å². The third kappa shape index (κ3) is 2.55. The van der Waals surface area contributed by atoms with Gasteiger partial charge in [-0.2, -0.15) is 0 Å². The molecule has 5 rings (SSSR count). The number of anilines is 1. The SMILES string of the molecule is C(=N\C1CCCC1)/N1c2ccccc2CC1c1c[nH]c2ccccc12. The first-order valence-electron chi connectivity index (χ1n) is 9.36. The molecule has 3 aromatic rings. The molecule has 1 saturated carbocycles. The molecule has 1 unspecified atom stereocenters. The summed E-state index contributed by atoms with van der Waals surface area (Å²) >= 11 is 0. The van der Waals surface area contributed by atoms with Crippen molar-refractivity contribution in [3.8, 4) is 0 Å². The van der Waals surface area contributed by atoms with Crippen LogP contribution in [-0.2, 0) is 6.42 Å². The van der Waals surface area contributed by atoms with E-state index in [4.69, 9.17) is 4.99 Å². The molecule has 0 saturated heterocycles. The zero-order valence-corrected chi connectivity index (χ0v) is 14.4. The van der Waals surface area contributed by atoms with Crippen molar-refractivity contribution in [1.29, 1.82) is 0 Å². The minimum Gasteiger partial charge on any atom is -0.361 e. The van der Waals surface area contributed by atoms with Crippen molar-refractivity contribution < 1.29 is 0 Å². The average Bonchev–Trinajstić information content (AvgIpc) is 3.37. The van der Waals surface area contributed by atoms with Crippen LogP contribution in [0.3, 0.4) is 0 Å². The summed E-state index contributed by atoms with van der Waals surface area (Å²) in [6.45, 7) is 0. The number of fused-ring (bicyclic) bond motifs is 2. The first-order chi connectivity index (χ1) is 12.4. The highest BCUT2D eigenvalue weighted by molar-refractivity contribution is 5.89. The molecule has 1 N–H and O–H groups in total. The third-order valence-electron chi connectivity index (χ3n) is 5.73. The molecular formula is C22H23N3. The van der Waals surface area contributed by atoms with Crippen molar-refractivity contribution in [3.05, 3.63) is 65.9 Å². The molecule has 25 heavy (non-hydrogen) atoms. The number of hydrogen-bond donors (Lipinski definition) is 1. The molecular weight excluding hydrogens is 306 g/mol. The number of aromatic nitrogens is 1. The Kier molecular flexibility index (Phi) is 3.58. The fourth-order valence-corrected chi connectivity index (χ4v) is 4.40. The van der Waals surface area contributed by atoms with Gasteiger partial charge in [0, 0.05) is 28.4 Å². The van der Waals surface area contributed by atoms with Gasteiger partial charge in [-0.05, 0) is 37.0 Å². The van der Waals surface area contributed by atoms with Crippen LogP contribution in [0.1, 0.15) is 42.9 Å². The van der Waals surface area contributed by atoms with Crippen LogP contribution < -0.4 is 4.90 Å². The van der Waals surface area contributed by atoms with Gasteiger partial charge in [-0.15, -0.1) is 0 Å². The summed E-state index contributed by atoms with van der Waals surface area (Å²) in [5.41, 5.74) is 5.29. The van der Waals surface area contributed by atoms with Crippen LogP contribution in [0.2, 0.25) is 0 Å². The Hall–Kier alpha value is -2.55. The van der Waals surface area contributed by atoms with Gasteiger partial charge in [0.05, 0.1) is 18.4 Å².